The van der Waals surface area contributed by atoms with Crippen LogP contribution in [0.2, 0.25) is 0 Å². The molecule has 0 spiro atoms. The van der Waals surface area contributed by atoms with Gasteiger partial charge >= 0.3 is 5.97 Å². The molecule has 1 aliphatic heterocycles. The van der Waals surface area contributed by atoms with E-state index in [1.165, 1.54) is 6.07 Å². The third kappa shape index (κ3) is 4.32. The lowest BCUT2D eigenvalue weighted by Gasteiger charge is -2.42. The van der Waals surface area contributed by atoms with Crippen LogP contribution in [0, 0.1) is 11.7 Å². The van der Waals surface area contributed by atoms with Crippen molar-refractivity contribution in [3.05, 3.63) is 30.1 Å². The fourth-order valence-corrected chi connectivity index (χ4v) is 3.38. The summed E-state index contributed by atoms with van der Waals surface area (Å²) >= 11 is 0. The second kappa shape index (κ2) is 8.24. The highest BCUT2D eigenvalue weighted by atomic mass is 19.1. The van der Waals surface area contributed by atoms with E-state index in [9.17, 15) is 14.0 Å². The molecular weight excluding hydrogens is 311 g/mol. The van der Waals surface area contributed by atoms with Gasteiger partial charge in [-0.1, -0.05) is 26.0 Å². The minimum atomic E-state index is -0.807. The van der Waals surface area contributed by atoms with Gasteiger partial charge in [-0.3, -0.25) is 9.59 Å². The molecule has 132 valence electrons. The molecular formula is C18H25FN2O3. The zero-order valence-electron chi connectivity index (χ0n) is 14.2. The molecule has 1 aliphatic rings. The molecule has 1 heterocycles. The van der Waals surface area contributed by atoms with Gasteiger partial charge in [0.05, 0.1) is 12.1 Å². The first-order valence-corrected chi connectivity index (χ1v) is 8.44. The molecule has 0 aliphatic carbocycles. The molecule has 1 amide bonds. The minimum Gasteiger partial charge on any atom is -0.481 e. The van der Waals surface area contributed by atoms with Crippen molar-refractivity contribution >= 4 is 17.6 Å². The van der Waals surface area contributed by atoms with Gasteiger partial charge in [-0.25, -0.2) is 4.39 Å². The number of hydrogen-bond donors (Lipinski definition) is 1. The van der Waals surface area contributed by atoms with Crippen LogP contribution in [-0.2, 0) is 9.59 Å². The quantitative estimate of drug-likeness (QED) is 0.868. The average molecular weight is 336 g/mol. The van der Waals surface area contributed by atoms with Crippen molar-refractivity contribution < 1.29 is 19.1 Å². The van der Waals surface area contributed by atoms with E-state index < -0.39 is 5.97 Å². The lowest BCUT2D eigenvalue weighted by atomic mass is 9.91. The Bertz CT molecular complexity index is 593. The molecule has 0 saturated carbocycles. The first kappa shape index (κ1) is 18.4. The summed E-state index contributed by atoms with van der Waals surface area (Å²) in [5.41, 5.74) is 0.334. The second-order valence-corrected chi connectivity index (χ2v) is 6.35. The maximum absolute atomic E-state index is 14.2. The fourth-order valence-electron chi connectivity index (χ4n) is 3.38. The molecule has 5 nitrogen and oxygen atoms in total. The van der Waals surface area contributed by atoms with Gasteiger partial charge < -0.3 is 14.9 Å². The molecule has 1 fully saturated rings. The van der Waals surface area contributed by atoms with Crippen LogP contribution in [0.1, 0.15) is 33.1 Å². The van der Waals surface area contributed by atoms with E-state index in [0.717, 1.165) is 0 Å². The van der Waals surface area contributed by atoms with E-state index in [-0.39, 0.29) is 30.1 Å². The molecule has 24 heavy (non-hydrogen) atoms. The normalized spacial score (nSPS) is 21.5. The van der Waals surface area contributed by atoms with Crippen molar-refractivity contribution in [2.24, 2.45) is 5.92 Å². The van der Waals surface area contributed by atoms with Gasteiger partial charge in [0.1, 0.15) is 5.82 Å². The summed E-state index contributed by atoms with van der Waals surface area (Å²) in [6.07, 6.45) is 1.14. The Morgan fingerprint density at radius 3 is 2.67 bits per heavy atom. The van der Waals surface area contributed by atoms with Gasteiger partial charge in [0.2, 0.25) is 5.91 Å². The van der Waals surface area contributed by atoms with E-state index >= 15 is 0 Å². The molecule has 1 aromatic rings. The number of carboxylic acid groups (broad SMARTS) is 1. The second-order valence-electron chi connectivity index (χ2n) is 6.35. The number of carbonyl (C=O) groups is 2. The largest absolute Gasteiger partial charge is 0.481 e. The molecule has 2 atom stereocenters. The summed E-state index contributed by atoms with van der Waals surface area (Å²) < 4.78 is 14.2. The van der Waals surface area contributed by atoms with Crippen molar-refractivity contribution in [3.63, 3.8) is 0 Å². The van der Waals surface area contributed by atoms with Crippen LogP contribution in [0.3, 0.4) is 0 Å². The number of carboxylic acids is 1. The Balaban J connectivity index is 2.15. The number of hydrogen-bond acceptors (Lipinski definition) is 3. The predicted octanol–water partition coefficient (Wildman–Crippen LogP) is 2.75. The van der Waals surface area contributed by atoms with Crippen molar-refractivity contribution in [1.82, 2.24) is 4.90 Å². The smallest absolute Gasteiger partial charge is 0.304 e. The number of amides is 1. The fraction of sp³-hybridized carbons (Fsp3) is 0.556. The number of para-hydroxylation sites is 1. The Labute approximate surface area is 142 Å². The zero-order chi connectivity index (χ0) is 17.7. The summed E-state index contributed by atoms with van der Waals surface area (Å²) in [7, 11) is 0. The van der Waals surface area contributed by atoms with Gasteiger partial charge in [0, 0.05) is 32.1 Å². The summed E-state index contributed by atoms with van der Waals surface area (Å²) in [4.78, 5) is 26.9. The van der Waals surface area contributed by atoms with Crippen LogP contribution in [-0.4, -0.2) is 47.6 Å². The SMILES string of the molecule is CCC(=O)N(c1ccccc1F)C1CCN(CCC(=O)O)CC1C. The summed E-state index contributed by atoms with van der Waals surface area (Å²) in [6.45, 7) is 5.75. The molecule has 1 N–H and O–H groups in total. The highest BCUT2D eigenvalue weighted by molar-refractivity contribution is 5.94. The molecule has 0 bridgehead atoms. The van der Waals surface area contributed by atoms with Gasteiger partial charge in [-0.15, -0.1) is 0 Å². The van der Waals surface area contributed by atoms with Crippen molar-refractivity contribution in [2.45, 2.75) is 39.2 Å². The van der Waals surface area contributed by atoms with Crippen LogP contribution >= 0.6 is 0 Å². The van der Waals surface area contributed by atoms with Gasteiger partial charge in [0.15, 0.2) is 0 Å². The maximum atomic E-state index is 14.2. The molecule has 0 radical (unpaired) electrons. The topological polar surface area (TPSA) is 60.9 Å². The third-order valence-electron chi connectivity index (χ3n) is 4.60. The zero-order valence-corrected chi connectivity index (χ0v) is 14.2. The van der Waals surface area contributed by atoms with Gasteiger partial charge in [-0.2, -0.15) is 0 Å². The van der Waals surface area contributed by atoms with Crippen LogP contribution in [0.4, 0.5) is 10.1 Å². The number of carbonyl (C=O) groups excluding carboxylic acids is 1. The number of aliphatic carboxylic acids is 1. The molecule has 2 unspecified atom stereocenters. The van der Waals surface area contributed by atoms with E-state index in [2.05, 4.69) is 4.90 Å². The molecule has 1 aromatic carbocycles. The Hall–Kier alpha value is -1.95. The maximum Gasteiger partial charge on any atom is 0.304 e. The van der Waals surface area contributed by atoms with E-state index in [1.54, 1.807) is 30.0 Å². The van der Waals surface area contributed by atoms with Gasteiger partial charge in [-0.05, 0) is 24.5 Å². The lowest BCUT2D eigenvalue weighted by molar-refractivity contribution is -0.137. The lowest BCUT2D eigenvalue weighted by Crippen LogP contribution is -2.52. The van der Waals surface area contributed by atoms with Crippen LogP contribution < -0.4 is 4.90 Å². The highest BCUT2D eigenvalue weighted by Gasteiger charge is 2.34. The molecule has 1 saturated heterocycles. The van der Waals surface area contributed by atoms with Crippen LogP contribution in [0.5, 0.6) is 0 Å². The monoisotopic (exact) mass is 336 g/mol. The van der Waals surface area contributed by atoms with Crippen molar-refractivity contribution in [2.75, 3.05) is 24.5 Å². The van der Waals surface area contributed by atoms with Crippen molar-refractivity contribution in [1.29, 1.82) is 0 Å². The van der Waals surface area contributed by atoms with Crippen LogP contribution in [0.15, 0.2) is 24.3 Å². The number of rotatable bonds is 6. The standard InChI is InChI=1S/C18H25FN2O3/c1-3-17(22)21(16-7-5-4-6-14(16)19)15-8-10-20(12-13(15)2)11-9-18(23)24/h4-7,13,15H,3,8-12H2,1-2H3,(H,23,24). The first-order chi connectivity index (χ1) is 11.4. The van der Waals surface area contributed by atoms with E-state index in [0.29, 0.717) is 38.2 Å². The number of halogens is 1. The highest BCUT2D eigenvalue weighted by Crippen LogP contribution is 2.29. The summed E-state index contributed by atoms with van der Waals surface area (Å²) in [5.74, 6) is -1.14. The molecule has 0 aromatic heterocycles. The Morgan fingerprint density at radius 1 is 1.38 bits per heavy atom. The van der Waals surface area contributed by atoms with Crippen LogP contribution in [0.25, 0.3) is 0 Å². The number of anilines is 1. The minimum absolute atomic E-state index is 0.0737. The summed E-state index contributed by atoms with van der Waals surface area (Å²) in [5, 5.41) is 8.81. The number of nitrogens with zero attached hydrogens (tertiary/aromatic N) is 2. The Morgan fingerprint density at radius 2 is 2.08 bits per heavy atom. The van der Waals surface area contributed by atoms with Crippen molar-refractivity contribution in [3.8, 4) is 0 Å². The summed E-state index contributed by atoms with van der Waals surface area (Å²) in [6, 6.07) is 6.30. The first-order valence-electron chi connectivity index (χ1n) is 8.44. The number of piperidine rings is 1. The molecule has 2 rings (SSSR count). The number of likely N-dealkylation sites (tertiary alicyclic amines) is 1. The van der Waals surface area contributed by atoms with Gasteiger partial charge in [0.25, 0.3) is 0 Å². The van der Waals surface area contributed by atoms with E-state index in [4.69, 9.17) is 5.11 Å². The number of benzene rings is 1. The average Bonchev–Trinajstić information content (AvgIpc) is 2.56. The molecule has 6 heteroatoms. The van der Waals surface area contributed by atoms with E-state index in [1.807, 2.05) is 6.92 Å². The predicted molar refractivity (Wildman–Crippen MR) is 90.4 cm³/mol. The third-order valence-corrected chi connectivity index (χ3v) is 4.60. The Kier molecular flexibility index (Phi) is 6.31.